The van der Waals surface area contributed by atoms with Crippen molar-refractivity contribution < 1.29 is 14.3 Å². The van der Waals surface area contributed by atoms with Crippen LogP contribution in [0.1, 0.15) is 6.92 Å². The van der Waals surface area contributed by atoms with Crippen LogP contribution in [0.15, 0.2) is 30.3 Å². The van der Waals surface area contributed by atoms with Crippen molar-refractivity contribution in [2.75, 3.05) is 6.61 Å². The summed E-state index contributed by atoms with van der Waals surface area (Å²) < 4.78 is 5.44. The molecule has 1 aliphatic rings. The average Bonchev–Trinajstić information content (AvgIpc) is 2.53. The minimum atomic E-state index is -1.11. The maximum Gasteiger partial charge on any atom is 0.339 e. The molecule has 0 unspecified atom stereocenters. The Labute approximate surface area is 98.3 Å². The van der Waals surface area contributed by atoms with Gasteiger partial charge in [0.2, 0.25) is 0 Å². The summed E-state index contributed by atoms with van der Waals surface area (Å²) in [6.07, 6.45) is 0. The summed E-state index contributed by atoms with van der Waals surface area (Å²) in [5.74, 6) is 5.41. The first-order valence-corrected chi connectivity index (χ1v) is 5.12. The van der Waals surface area contributed by atoms with E-state index < -0.39 is 17.5 Å². The van der Waals surface area contributed by atoms with Crippen LogP contribution < -0.4 is 15.9 Å². The lowest BCUT2D eigenvalue weighted by Crippen LogP contribution is -2.49. The third-order valence-corrected chi connectivity index (χ3v) is 2.56. The highest BCUT2D eigenvalue weighted by Gasteiger charge is 2.47. The highest BCUT2D eigenvalue weighted by Crippen LogP contribution is 2.17. The smallest absolute Gasteiger partial charge is 0.339 e. The molecule has 0 bridgehead atoms. The predicted octanol–water partition coefficient (Wildman–Crippen LogP) is 0.250. The van der Waals surface area contributed by atoms with Crippen LogP contribution in [0.25, 0.3) is 0 Å². The molecular weight excluding hydrogens is 222 g/mol. The number of hydrogen-bond acceptors (Lipinski definition) is 4. The Balaban J connectivity index is 2.04. The van der Waals surface area contributed by atoms with Gasteiger partial charge in [0, 0.05) is 0 Å². The fourth-order valence-electron chi connectivity index (χ4n) is 1.55. The second-order valence-corrected chi connectivity index (χ2v) is 4.04. The van der Waals surface area contributed by atoms with Crippen molar-refractivity contribution in [3.63, 3.8) is 0 Å². The van der Waals surface area contributed by atoms with Crippen LogP contribution in [0.2, 0.25) is 0 Å². The van der Waals surface area contributed by atoms with Gasteiger partial charge in [-0.2, -0.15) is 5.01 Å². The Morgan fingerprint density at radius 3 is 2.53 bits per heavy atom. The minimum absolute atomic E-state index is 0.0370. The summed E-state index contributed by atoms with van der Waals surface area (Å²) >= 11 is 0. The summed E-state index contributed by atoms with van der Waals surface area (Å²) in [6, 6.07) is 8.42. The van der Waals surface area contributed by atoms with Gasteiger partial charge in [-0.25, -0.2) is 10.6 Å². The second kappa shape index (κ2) is 4.06. The van der Waals surface area contributed by atoms with Crippen LogP contribution in [0.4, 0.5) is 4.79 Å². The lowest BCUT2D eigenvalue weighted by molar-refractivity contribution is -0.131. The third kappa shape index (κ3) is 2.07. The van der Waals surface area contributed by atoms with E-state index in [2.05, 4.69) is 5.32 Å². The Morgan fingerprint density at radius 2 is 2.00 bits per heavy atom. The number of rotatable bonds is 3. The first kappa shape index (κ1) is 11.4. The van der Waals surface area contributed by atoms with Crippen LogP contribution in [-0.2, 0) is 4.79 Å². The molecule has 90 valence electrons. The van der Waals surface area contributed by atoms with Gasteiger partial charge in [0.15, 0.2) is 5.54 Å². The van der Waals surface area contributed by atoms with Gasteiger partial charge in [0.25, 0.3) is 5.91 Å². The number of hydrogen-bond donors (Lipinski definition) is 2. The zero-order valence-electron chi connectivity index (χ0n) is 9.34. The van der Waals surface area contributed by atoms with E-state index in [1.165, 1.54) is 0 Å². The van der Waals surface area contributed by atoms with E-state index in [1.54, 1.807) is 19.1 Å². The maximum atomic E-state index is 11.7. The van der Waals surface area contributed by atoms with Crippen molar-refractivity contribution in [1.82, 2.24) is 10.3 Å². The number of ether oxygens (including phenoxy) is 1. The number of nitrogens with two attached hydrogens (primary N) is 1. The first-order chi connectivity index (χ1) is 8.03. The molecule has 1 heterocycles. The molecule has 0 spiro atoms. The van der Waals surface area contributed by atoms with Crippen LogP contribution in [0.5, 0.6) is 5.75 Å². The van der Waals surface area contributed by atoms with E-state index in [1.807, 2.05) is 18.2 Å². The fraction of sp³-hybridized carbons (Fsp3) is 0.273. The average molecular weight is 235 g/mol. The highest BCUT2D eigenvalue weighted by atomic mass is 16.5. The lowest BCUT2D eigenvalue weighted by Gasteiger charge is -2.21. The van der Waals surface area contributed by atoms with Crippen LogP contribution in [-0.4, -0.2) is 29.1 Å². The van der Waals surface area contributed by atoms with Gasteiger partial charge >= 0.3 is 6.03 Å². The summed E-state index contributed by atoms with van der Waals surface area (Å²) in [7, 11) is 0. The van der Waals surface area contributed by atoms with E-state index in [0.29, 0.717) is 10.8 Å². The number of carbonyl (C=O) groups excluding carboxylic acids is 2. The van der Waals surface area contributed by atoms with Crippen molar-refractivity contribution in [1.29, 1.82) is 0 Å². The van der Waals surface area contributed by atoms with Gasteiger partial charge in [-0.05, 0) is 19.1 Å². The van der Waals surface area contributed by atoms with Gasteiger partial charge in [-0.15, -0.1) is 0 Å². The number of imide groups is 1. The zero-order chi connectivity index (χ0) is 12.5. The molecule has 6 nitrogen and oxygen atoms in total. The Kier molecular flexibility index (Phi) is 2.72. The topological polar surface area (TPSA) is 84.7 Å². The van der Waals surface area contributed by atoms with E-state index in [9.17, 15) is 9.59 Å². The molecular formula is C11H13N3O3. The van der Waals surface area contributed by atoms with Gasteiger partial charge in [-0.3, -0.25) is 4.79 Å². The Bertz CT molecular complexity index is 449. The summed E-state index contributed by atoms with van der Waals surface area (Å²) in [5, 5.41) is 3.05. The van der Waals surface area contributed by atoms with Crippen molar-refractivity contribution >= 4 is 11.9 Å². The normalized spacial score (nSPS) is 23.8. The number of amides is 3. The molecule has 1 saturated heterocycles. The number of nitrogens with zero attached hydrogens (tertiary/aromatic N) is 1. The minimum Gasteiger partial charge on any atom is -0.491 e. The van der Waals surface area contributed by atoms with Gasteiger partial charge in [0.1, 0.15) is 12.4 Å². The van der Waals surface area contributed by atoms with Crippen LogP contribution in [0.3, 0.4) is 0 Å². The van der Waals surface area contributed by atoms with E-state index >= 15 is 0 Å². The van der Waals surface area contributed by atoms with E-state index in [0.717, 1.165) is 0 Å². The molecule has 6 heteroatoms. The Morgan fingerprint density at radius 1 is 1.35 bits per heavy atom. The molecule has 3 amide bonds. The number of nitrogens with one attached hydrogen (secondary N) is 1. The number of para-hydroxylation sites is 1. The summed E-state index contributed by atoms with van der Waals surface area (Å²) in [6.45, 7) is 1.61. The quantitative estimate of drug-likeness (QED) is 0.447. The zero-order valence-corrected chi connectivity index (χ0v) is 9.34. The molecule has 3 N–H and O–H groups in total. The number of benzene rings is 1. The van der Waals surface area contributed by atoms with Crippen molar-refractivity contribution in [2.24, 2.45) is 5.84 Å². The lowest BCUT2D eigenvalue weighted by atomic mass is 10.1. The molecule has 1 atom stereocenters. The van der Waals surface area contributed by atoms with Crippen LogP contribution >= 0.6 is 0 Å². The molecule has 0 radical (unpaired) electrons. The number of urea groups is 1. The monoisotopic (exact) mass is 235 g/mol. The molecule has 1 aliphatic heterocycles. The van der Waals surface area contributed by atoms with Gasteiger partial charge in [0.05, 0.1) is 0 Å². The summed E-state index contributed by atoms with van der Waals surface area (Å²) in [5.41, 5.74) is -1.11. The van der Waals surface area contributed by atoms with Gasteiger partial charge < -0.3 is 10.1 Å². The SMILES string of the molecule is C[C@]1(COc2ccccc2)NC(=O)N(N)C1=O. The van der Waals surface area contributed by atoms with E-state index in [4.69, 9.17) is 10.6 Å². The predicted molar refractivity (Wildman–Crippen MR) is 59.9 cm³/mol. The van der Waals surface area contributed by atoms with Crippen molar-refractivity contribution in [2.45, 2.75) is 12.5 Å². The number of hydrazine groups is 1. The van der Waals surface area contributed by atoms with Crippen molar-refractivity contribution in [3.05, 3.63) is 30.3 Å². The Hall–Kier alpha value is -2.08. The third-order valence-electron chi connectivity index (χ3n) is 2.56. The molecule has 2 rings (SSSR count). The molecule has 1 aromatic rings. The molecule has 0 saturated carbocycles. The fourth-order valence-corrected chi connectivity index (χ4v) is 1.55. The largest absolute Gasteiger partial charge is 0.491 e. The highest BCUT2D eigenvalue weighted by molar-refractivity contribution is 6.06. The summed E-state index contributed by atoms with van der Waals surface area (Å²) in [4.78, 5) is 22.9. The molecule has 1 aromatic carbocycles. The molecule has 17 heavy (non-hydrogen) atoms. The molecule has 1 fully saturated rings. The van der Waals surface area contributed by atoms with Crippen LogP contribution in [0, 0.1) is 0 Å². The second-order valence-electron chi connectivity index (χ2n) is 4.04. The molecule has 0 aliphatic carbocycles. The van der Waals surface area contributed by atoms with Gasteiger partial charge in [-0.1, -0.05) is 18.2 Å². The molecule has 0 aromatic heterocycles. The maximum absolute atomic E-state index is 11.7. The number of carbonyl (C=O) groups is 2. The first-order valence-electron chi connectivity index (χ1n) is 5.12. The van der Waals surface area contributed by atoms with Crippen molar-refractivity contribution in [3.8, 4) is 5.75 Å². The van der Waals surface area contributed by atoms with E-state index in [-0.39, 0.29) is 6.61 Å². The standard InChI is InChI=1S/C11H13N3O3/c1-11(9(15)14(12)10(16)13-11)7-17-8-5-3-2-4-6-8/h2-6H,7,12H2,1H3,(H,13,16)/t11-/m1/s1.